The average molecular weight is 797 g/mol. The molecule has 5 aliphatic rings. The second-order valence-electron chi connectivity index (χ2n) is 20.0. The third-order valence-corrected chi connectivity index (χ3v) is 15.7. The highest BCUT2D eigenvalue weighted by atomic mass is 16.5. The van der Waals surface area contributed by atoms with Crippen molar-refractivity contribution in [3.8, 4) is 24.3 Å². The molecule has 1 aliphatic heterocycles. The smallest absolute Gasteiger partial charge is 0.131 e. The van der Waals surface area contributed by atoms with Gasteiger partial charge < -0.3 is 24.1 Å². The maximum atomic E-state index is 8.84. The molecule has 5 nitrogen and oxygen atoms in total. The molecule has 0 amide bonds. The van der Waals surface area contributed by atoms with Crippen molar-refractivity contribution in [3.63, 3.8) is 0 Å². The second kappa shape index (κ2) is 21.0. The van der Waals surface area contributed by atoms with Crippen LogP contribution in [0.15, 0.2) is 24.3 Å². The summed E-state index contributed by atoms with van der Waals surface area (Å²) < 4.78 is 22.1. The van der Waals surface area contributed by atoms with Gasteiger partial charge in [0.25, 0.3) is 0 Å². The summed E-state index contributed by atoms with van der Waals surface area (Å²) in [6.45, 7) is 24.4. The molecule has 1 saturated heterocycles. The molecule has 2 radical (unpaired) electrons. The summed E-state index contributed by atoms with van der Waals surface area (Å²) in [6.07, 6.45) is 23.7. The normalized spacial score (nSPS) is 28.7. The fourth-order valence-corrected chi connectivity index (χ4v) is 11.5. The summed E-state index contributed by atoms with van der Waals surface area (Å²) >= 11 is 0. The van der Waals surface area contributed by atoms with Gasteiger partial charge in [-0.15, -0.1) is 12.8 Å². The third kappa shape index (κ3) is 10.2. The molecule has 0 spiro atoms. The van der Waals surface area contributed by atoms with E-state index in [1.165, 1.54) is 81.8 Å². The molecule has 58 heavy (non-hydrogen) atoms. The van der Waals surface area contributed by atoms with Crippen molar-refractivity contribution in [2.75, 3.05) is 47.3 Å². The number of aliphatic hydroxyl groups is 1. The third-order valence-electron chi connectivity index (χ3n) is 15.7. The first-order valence-corrected chi connectivity index (χ1v) is 22.9. The van der Waals surface area contributed by atoms with Gasteiger partial charge in [0, 0.05) is 25.0 Å². The number of benzene rings is 2. The van der Waals surface area contributed by atoms with Crippen molar-refractivity contribution in [3.05, 3.63) is 57.6 Å². The highest BCUT2D eigenvalue weighted by Gasteiger charge is 2.47. The van der Waals surface area contributed by atoms with Gasteiger partial charge >= 0.3 is 0 Å². The first-order valence-electron chi connectivity index (χ1n) is 22.9. The Hall–Kier alpha value is -2.30. The number of methoxy groups -OCH3 is 2. The summed E-state index contributed by atoms with van der Waals surface area (Å²) in [5.74, 6) is 5.68. The number of hydrogen-bond acceptors (Lipinski definition) is 5. The quantitative estimate of drug-likeness (QED) is 0.181. The minimum atomic E-state index is -0.0330. The molecule has 6 heteroatoms. The van der Waals surface area contributed by atoms with Crippen LogP contribution >= 0.6 is 0 Å². The fraction of sp³-hybridized carbons (Fsp3) is 0.731. The molecule has 4 aliphatic carbocycles. The lowest BCUT2D eigenvalue weighted by Gasteiger charge is -2.50. The van der Waals surface area contributed by atoms with Crippen LogP contribution < -0.4 is 4.74 Å². The summed E-state index contributed by atoms with van der Waals surface area (Å²) in [4.78, 5) is 0. The van der Waals surface area contributed by atoms with Crippen molar-refractivity contribution in [1.82, 2.24) is 0 Å². The lowest BCUT2D eigenvalue weighted by Crippen LogP contribution is -2.45. The average Bonchev–Trinajstić information content (AvgIpc) is 3.20. The molecule has 7 unspecified atom stereocenters. The van der Waals surface area contributed by atoms with Crippen LogP contribution in [0, 0.1) is 47.3 Å². The van der Waals surface area contributed by atoms with Crippen molar-refractivity contribution in [1.29, 1.82) is 0 Å². The van der Waals surface area contributed by atoms with Crippen LogP contribution in [0.3, 0.4) is 0 Å². The summed E-state index contributed by atoms with van der Waals surface area (Å²) in [6, 6.07) is 9.82. The van der Waals surface area contributed by atoms with E-state index in [2.05, 4.69) is 92.5 Å². The zero-order valence-corrected chi connectivity index (χ0v) is 38.7. The molecule has 7 rings (SSSR count). The Bertz CT molecular complexity index is 1600. The van der Waals surface area contributed by atoms with Crippen molar-refractivity contribution in [2.45, 2.75) is 162 Å². The Balaban J connectivity index is 0.000000307. The Kier molecular flexibility index (Phi) is 17.5. The zero-order chi connectivity index (χ0) is 42.9. The Labute approximate surface area is 356 Å². The van der Waals surface area contributed by atoms with Gasteiger partial charge in [0.2, 0.25) is 0 Å². The number of terminal acetylenes is 1. The standard InChI is InChI=1S/C36H49BO.C7H14O2.C7H16O2.C2H2/c1-22(2)28-18-26-12-14-30-24(4)10-8-16-36(30,6)32(26)20-34(28)38-33-19-31-25(17-27(33)21-37)11-13-29-23(3)9-7-15-35(29,31)5;1-3-7(4-8-2)5-9-6-7;1-4-7(2,5-8)6-9-3;1-2/h17-20,22-24,29-30H,7-16,21H2,1-6H3;3-6H2,1-2H3;8H,4-6H2,1-3H3;1-2H. The topological polar surface area (TPSA) is 57.2 Å². The summed E-state index contributed by atoms with van der Waals surface area (Å²) in [7, 11) is 9.78. The maximum absolute atomic E-state index is 8.84. The molecule has 1 heterocycles. The molecule has 0 aromatic heterocycles. The summed E-state index contributed by atoms with van der Waals surface area (Å²) in [5.41, 5.74) is 9.59. The molecule has 2 saturated carbocycles. The largest absolute Gasteiger partial charge is 0.457 e. The number of fused-ring (bicyclic) bond motifs is 6. The van der Waals surface area contributed by atoms with Crippen LogP contribution in [-0.2, 0) is 44.2 Å². The van der Waals surface area contributed by atoms with Gasteiger partial charge in [0.1, 0.15) is 11.5 Å². The van der Waals surface area contributed by atoms with Crippen molar-refractivity contribution >= 4 is 7.85 Å². The predicted molar refractivity (Wildman–Crippen MR) is 244 cm³/mol. The van der Waals surface area contributed by atoms with Gasteiger partial charge in [-0.05, 0) is 137 Å². The molecular formula is C52H81BO5. The first-order chi connectivity index (χ1) is 27.7. The van der Waals surface area contributed by atoms with Gasteiger partial charge in [0.15, 0.2) is 0 Å². The molecule has 2 aromatic rings. The van der Waals surface area contributed by atoms with E-state index < -0.39 is 0 Å². The van der Waals surface area contributed by atoms with E-state index >= 15 is 0 Å². The van der Waals surface area contributed by atoms with Crippen LogP contribution in [0.25, 0.3) is 0 Å². The monoisotopic (exact) mass is 797 g/mol. The SMILES string of the molecule is C#C.CCC(C)(CO)COC.CCC1(COC)COC1.[B]Cc1cc2c(cc1Oc1cc3c(cc1C(C)C)CCC1C(C)CCCC31C)C1(C)CCCC(C)C1CC2. The minimum absolute atomic E-state index is 0.0330. The Morgan fingerprint density at radius 2 is 1.38 bits per heavy atom. The lowest BCUT2D eigenvalue weighted by atomic mass is 9.55. The Morgan fingerprint density at radius 1 is 0.845 bits per heavy atom. The molecule has 322 valence electrons. The molecule has 2 aromatic carbocycles. The van der Waals surface area contributed by atoms with Gasteiger partial charge in [-0.2, -0.15) is 0 Å². The second-order valence-corrected chi connectivity index (χ2v) is 20.0. The van der Waals surface area contributed by atoms with E-state index in [9.17, 15) is 0 Å². The van der Waals surface area contributed by atoms with Crippen LogP contribution in [0.4, 0.5) is 0 Å². The first kappa shape index (κ1) is 48.4. The maximum Gasteiger partial charge on any atom is 0.131 e. The molecule has 0 bridgehead atoms. The number of aryl methyl sites for hydroxylation is 2. The number of aliphatic hydroxyl groups excluding tert-OH is 1. The van der Waals surface area contributed by atoms with Crippen molar-refractivity contribution in [2.24, 2.45) is 34.5 Å². The van der Waals surface area contributed by atoms with Crippen LogP contribution in [0.5, 0.6) is 11.5 Å². The van der Waals surface area contributed by atoms with E-state index in [0.29, 0.717) is 24.3 Å². The highest BCUT2D eigenvalue weighted by molar-refractivity contribution is 6.08. The summed E-state index contributed by atoms with van der Waals surface area (Å²) in [5, 5.41) is 8.84. The highest BCUT2D eigenvalue weighted by Crippen LogP contribution is 2.55. The molecule has 7 atom stereocenters. The van der Waals surface area contributed by atoms with Crippen LogP contribution in [-0.4, -0.2) is 60.2 Å². The van der Waals surface area contributed by atoms with Crippen LogP contribution in [0.1, 0.15) is 166 Å². The molecule has 1 N–H and O–H groups in total. The van der Waals surface area contributed by atoms with Crippen molar-refractivity contribution < 1.29 is 24.1 Å². The van der Waals surface area contributed by atoms with E-state index in [-0.39, 0.29) is 22.9 Å². The predicted octanol–water partition coefficient (Wildman–Crippen LogP) is 11.9. The number of ether oxygens (including phenoxy) is 4. The van der Waals surface area contributed by atoms with Gasteiger partial charge in [-0.3, -0.25) is 0 Å². The lowest BCUT2D eigenvalue weighted by molar-refractivity contribution is -0.144. The van der Waals surface area contributed by atoms with Gasteiger partial charge in [-0.1, -0.05) is 106 Å². The van der Waals surface area contributed by atoms with E-state index in [4.69, 9.17) is 31.9 Å². The minimum Gasteiger partial charge on any atom is -0.457 e. The van der Waals surface area contributed by atoms with Crippen LogP contribution in [0.2, 0.25) is 0 Å². The van der Waals surface area contributed by atoms with Gasteiger partial charge in [-0.25, -0.2) is 0 Å². The Morgan fingerprint density at radius 3 is 1.76 bits per heavy atom. The van der Waals surface area contributed by atoms with E-state index in [1.54, 1.807) is 30.9 Å². The fourth-order valence-electron chi connectivity index (χ4n) is 11.5. The van der Waals surface area contributed by atoms with Gasteiger partial charge in [0.05, 0.1) is 40.9 Å². The van der Waals surface area contributed by atoms with E-state index in [0.717, 1.165) is 67.0 Å². The zero-order valence-electron chi connectivity index (χ0n) is 38.7. The number of rotatable bonds is 11. The van der Waals surface area contributed by atoms with E-state index in [1.807, 2.05) is 6.92 Å². The molecule has 3 fully saturated rings. The molecular weight excluding hydrogens is 715 g/mol. The number of hydrogen-bond donors (Lipinski definition) is 1.